The van der Waals surface area contributed by atoms with Crippen LogP contribution in [-0.4, -0.2) is 24.3 Å². The van der Waals surface area contributed by atoms with Crippen LogP contribution in [-0.2, 0) is 5.92 Å². The number of carbonyl (C=O) groups excluding carboxylic acids is 1. The maximum absolute atomic E-state index is 13.2. The Balaban J connectivity index is 2.07. The summed E-state index contributed by atoms with van der Waals surface area (Å²) in [7, 11) is 1.48. The van der Waals surface area contributed by atoms with Gasteiger partial charge in [-0.1, -0.05) is 0 Å². The van der Waals surface area contributed by atoms with Crippen molar-refractivity contribution < 1.29 is 31.5 Å². The van der Waals surface area contributed by atoms with Gasteiger partial charge in [0.05, 0.1) is 7.11 Å². The highest BCUT2D eigenvalue weighted by molar-refractivity contribution is 7.14. The zero-order valence-corrected chi connectivity index (χ0v) is 13.7. The number of hydrogen-bond acceptors (Lipinski definition) is 4. The summed E-state index contributed by atoms with van der Waals surface area (Å²) in [6, 6.07) is 3.97. The topological polar surface area (TPSA) is 63.2 Å². The van der Waals surface area contributed by atoms with Crippen LogP contribution < -0.4 is 15.4 Å². The van der Waals surface area contributed by atoms with Gasteiger partial charge in [0, 0.05) is 11.1 Å². The minimum atomic E-state index is -5.76. The number of nitrogens with one attached hydrogen (secondary N) is 2. The molecule has 0 spiro atoms. The molecule has 0 saturated carbocycles. The van der Waals surface area contributed by atoms with E-state index in [1.165, 1.54) is 7.11 Å². The fraction of sp³-hybridized carbons (Fsp3) is 0.286. The summed E-state index contributed by atoms with van der Waals surface area (Å²) in [6.07, 6.45) is -5.76. The van der Waals surface area contributed by atoms with Crippen LogP contribution in [0.25, 0.3) is 0 Å². The van der Waals surface area contributed by atoms with Gasteiger partial charge in [-0.15, -0.1) is 11.3 Å². The molecule has 0 aliphatic rings. The van der Waals surface area contributed by atoms with Gasteiger partial charge in [-0.05, 0) is 30.7 Å². The first-order chi connectivity index (χ1) is 11.5. The lowest BCUT2D eigenvalue weighted by atomic mass is 10.2. The highest BCUT2D eigenvalue weighted by Gasteiger charge is 2.60. The number of halogens is 5. The molecule has 2 aromatic rings. The van der Waals surface area contributed by atoms with Crippen LogP contribution in [0.3, 0.4) is 0 Å². The Hall–Kier alpha value is -2.43. The van der Waals surface area contributed by atoms with Gasteiger partial charge in [-0.3, -0.25) is 5.32 Å². The van der Waals surface area contributed by atoms with Crippen LogP contribution in [0.1, 0.15) is 11.3 Å². The second kappa shape index (κ2) is 6.82. The molecule has 2 amide bonds. The van der Waals surface area contributed by atoms with Crippen molar-refractivity contribution in [1.29, 1.82) is 0 Å². The van der Waals surface area contributed by atoms with Gasteiger partial charge in [-0.25, -0.2) is 9.78 Å². The van der Waals surface area contributed by atoms with E-state index in [1.807, 2.05) is 0 Å². The number of urea groups is 1. The van der Waals surface area contributed by atoms with Gasteiger partial charge >= 0.3 is 18.1 Å². The number of carbonyl (C=O) groups is 1. The van der Waals surface area contributed by atoms with Crippen molar-refractivity contribution in [3.63, 3.8) is 0 Å². The van der Waals surface area contributed by atoms with E-state index < -0.39 is 23.8 Å². The Labute approximate surface area is 142 Å². The molecule has 1 heterocycles. The number of rotatable bonds is 4. The molecule has 136 valence electrons. The molecule has 2 N–H and O–H groups in total. The number of anilines is 2. The molecule has 0 aliphatic carbocycles. The van der Waals surface area contributed by atoms with Gasteiger partial charge in [0.25, 0.3) is 0 Å². The summed E-state index contributed by atoms with van der Waals surface area (Å²) in [5, 5.41) is 4.71. The fourth-order valence-corrected chi connectivity index (χ4v) is 2.50. The van der Waals surface area contributed by atoms with Crippen LogP contribution in [0, 0.1) is 6.92 Å². The zero-order chi connectivity index (χ0) is 18.8. The molecule has 0 bridgehead atoms. The Morgan fingerprint density at radius 1 is 1.20 bits per heavy atom. The van der Waals surface area contributed by atoms with E-state index in [1.54, 1.807) is 25.1 Å². The first-order valence-electron chi connectivity index (χ1n) is 6.68. The predicted molar refractivity (Wildman–Crippen MR) is 82.4 cm³/mol. The van der Waals surface area contributed by atoms with Crippen molar-refractivity contribution in [3.05, 3.63) is 34.8 Å². The smallest absolute Gasteiger partial charge is 0.459 e. The lowest BCUT2D eigenvalue weighted by Crippen LogP contribution is -2.34. The average molecular weight is 381 g/mol. The number of ether oxygens (including phenoxy) is 1. The van der Waals surface area contributed by atoms with Crippen molar-refractivity contribution in [2.75, 3.05) is 17.7 Å². The third kappa shape index (κ3) is 4.16. The van der Waals surface area contributed by atoms with E-state index in [0.29, 0.717) is 33.7 Å². The number of thiazole rings is 1. The van der Waals surface area contributed by atoms with Gasteiger partial charge in [-0.2, -0.15) is 22.0 Å². The van der Waals surface area contributed by atoms with Crippen LogP contribution >= 0.6 is 11.3 Å². The largest absolute Gasteiger partial charge is 0.497 e. The number of alkyl halides is 5. The fourth-order valence-electron chi connectivity index (χ4n) is 1.77. The minimum absolute atomic E-state index is 0.386. The monoisotopic (exact) mass is 381 g/mol. The van der Waals surface area contributed by atoms with Crippen molar-refractivity contribution in [1.82, 2.24) is 4.98 Å². The SMILES string of the molecule is COc1ccc(NC(=O)Nc2nc(C(F)(F)C(F)(F)F)cs2)c(C)c1. The summed E-state index contributed by atoms with van der Waals surface area (Å²) in [5.74, 6) is -4.52. The first-order valence-corrected chi connectivity index (χ1v) is 7.55. The van der Waals surface area contributed by atoms with Crippen molar-refractivity contribution in [2.24, 2.45) is 0 Å². The molecule has 1 aromatic heterocycles. The third-order valence-corrected chi connectivity index (χ3v) is 3.84. The van der Waals surface area contributed by atoms with Crippen LogP contribution in [0.15, 0.2) is 23.6 Å². The second-order valence-corrected chi connectivity index (χ2v) is 5.73. The Kier molecular flexibility index (Phi) is 5.16. The van der Waals surface area contributed by atoms with Crippen molar-refractivity contribution in [3.8, 4) is 5.75 Å². The van der Waals surface area contributed by atoms with E-state index in [4.69, 9.17) is 4.74 Å². The number of amides is 2. The molecule has 5 nitrogen and oxygen atoms in total. The maximum atomic E-state index is 13.2. The summed E-state index contributed by atoms with van der Waals surface area (Å²) >= 11 is 0.459. The van der Waals surface area contributed by atoms with E-state index >= 15 is 0 Å². The van der Waals surface area contributed by atoms with Crippen LogP contribution in [0.5, 0.6) is 5.75 Å². The van der Waals surface area contributed by atoms with Gasteiger partial charge in [0.2, 0.25) is 0 Å². The van der Waals surface area contributed by atoms with E-state index in [9.17, 15) is 26.7 Å². The number of hydrogen-bond donors (Lipinski definition) is 2. The average Bonchev–Trinajstić information content (AvgIpc) is 2.97. The van der Waals surface area contributed by atoms with Crippen LogP contribution in [0.2, 0.25) is 0 Å². The summed E-state index contributed by atoms with van der Waals surface area (Å²) in [6.45, 7) is 1.70. The standard InChI is InChI=1S/C14H12F5N3O2S/c1-7-5-8(24-2)3-4-9(7)20-11(23)22-12-21-10(6-25-12)13(15,16)14(17,18)19/h3-6H,1-2H3,(H2,20,21,22,23). The van der Waals surface area contributed by atoms with Gasteiger partial charge in [0.1, 0.15) is 11.4 Å². The number of aryl methyl sites for hydroxylation is 1. The summed E-state index contributed by atoms with van der Waals surface area (Å²) < 4.78 is 68.2. The van der Waals surface area contributed by atoms with E-state index in [0.717, 1.165) is 0 Å². The molecule has 0 fully saturated rings. The third-order valence-electron chi connectivity index (χ3n) is 3.08. The number of nitrogens with zero attached hydrogens (tertiary/aromatic N) is 1. The number of methoxy groups -OCH3 is 1. The summed E-state index contributed by atoms with van der Waals surface area (Å²) in [4.78, 5) is 15.0. The first kappa shape index (κ1) is 18.9. The molecule has 0 aliphatic heterocycles. The minimum Gasteiger partial charge on any atom is -0.497 e. The normalized spacial score (nSPS) is 12.0. The zero-order valence-electron chi connectivity index (χ0n) is 12.9. The van der Waals surface area contributed by atoms with Crippen molar-refractivity contribution in [2.45, 2.75) is 19.0 Å². The molecule has 0 radical (unpaired) electrons. The Morgan fingerprint density at radius 3 is 2.44 bits per heavy atom. The van der Waals surface area contributed by atoms with Gasteiger partial charge in [0.15, 0.2) is 5.13 Å². The molecule has 0 unspecified atom stereocenters. The molecule has 2 rings (SSSR count). The molecule has 0 saturated heterocycles. The molecule has 0 atom stereocenters. The quantitative estimate of drug-likeness (QED) is 0.751. The predicted octanol–water partition coefficient (Wildman–Crippen LogP) is 4.76. The van der Waals surface area contributed by atoms with E-state index in [-0.39, 0.29) is 5.13 Å². The molecule has 1 aromatic carbocycles. The Bertz CT molecular complexity index is 776. The molecular weight excluding hydrogens is 369 g/mol. The molecule has 11 heteroatoms. The number of benzene rings is 1. The van der Waals surface area contributed by atoms with Gasteiger partial charge < -0.3 is 10.1 Å². The molecular formula is C14H12F5N3O2S. The van der Waals surface area contributed by atoms with E-state index in [2.05, 4.69) is 15.6 Å². The number of aromatic nitrogens is 1. The van der Waals surface area contributed by atoms with Crippen LogP contribution in [0.4, 0.5) is 37.6 Å². The summed E-state index contributed by atoms with van der Waals surface area (Å²) in [5.41, 5.74) is -0.394. The maximum Gasteiger partial charge on any atom is 0.459 e. The highest BCUT2D eigenvalue weighted by atomic mass is 32.1. The molecule has 25 heavy (non-hydrogen) atoms. The lowest BCUT2D eigenvalue weighted by Gasteiger charge is -2.16. The lowest BCUT2D eigenvalue weighted by molar-refractivity contribution is -0.290. The second-order valence-electron chi connectivity index (χ2n) is 4.87. The highest BCUT2D eigenvalue weighted by Crippen LogP contribution is 2.44. The van der Waals surface area contributed by atoms with Crippen molar-refractivity contribution >= 4 is 28.2 Å². The Morgan fingerprint density at radius 2 is 1.88 bits per heavy atom.